The molecule has 0 spiro atoms. The molecule has 33 nitrogen and oxygen atoms in total. The Kier molecular flexibility index (Phi) is 33.3. The van der Waals surface area contributed by atoms with Gasteiger partial charge in [-0.15, -0.1) is 0 Å². The van der Waals surface area contributed by atoms with Gasteiger partial charge in [0, 0.05) is 116 Å². The summed E-state index contributed by atoms with van der Waals surface area (Å²) in [5.74, 6) is 0.00196. The van der Waals surface area contributed by atoms with Gasteiger partial charge in [-0.3, -0.25) is 4.79 Å². The van der Waals surface area contributed by atoms with Gasteiger partial charge in [-0.2, -0.15) is 9.97 Å². The summed E-state index contributed by atoms with van der Waals surface area (Å²) in [7, 11) is -0.727. The van der Waals surface area contributed by atoms with Crippen molar-refractivity contribution in [2.24, 2.45) is 35.5 Å². The van der Waals surface area contributed by atoms with Crippen LogP contribution in [0, 0.1) is 60.3 Å². The third-order valence-corrected chi connectivity index (χ3v) is 23.3. The van der Waals surface area contributed by atoms with E-state index in [1.165, 1.54) is 37.4 Å². The molecule has 6 unspecified atom stereocenters. The van der Waals surface area contributed by atoms with E-state index in [1.54, 1.807) is 57.6 Å². The number of H-pyrrole nitrogens is 4. The fraction of sp³-hybridized carbons (Fsp3) is 0.506. The number of hydrogen-bond donors (Lipinski definition) is 5. The summed E-state index contributed by atoms with van der Waals surface area (Å²) in [6.45, 7) is 50.3. The van der Waals surface area contributed by atoms with Gasteiger partial charge in [0.25, 0.3) is 6.47 Å². The highest BCUT2D eigenvalue weighted by Gasteiger charge is 2.53. The smallest absolute Gasteiger partial charge is 0.497 e. The van der Waals surface area contributed by atoms with Crippen LogP contribution in [0.25, 0.3) is 65.0 Å². The summed E-state index contributed by atoms with van der Waals surface area (Å²) in [5.41, 5.74) is 4.65. The third kappa shape index (κ3) is 25.7. The normalized spacial score (nSPS) is 21.4. The number of nitrogens with one attached hydrogen (secondary N) is 4. The maximum Gasteiger partial charge on any atom is 0.497 e. The molecule has 7 fully saturated rings. The first kappa shape index (κ1) is 100. The highest BCUT2D eigenvalue weighted by atomic mass is 79.9. The third-order valence-electron chi connectivity index (χ3n) is 20.9. The van der Waals surface area contributed by atoms with Crippen molar-refractivity contribution in [2.75, 3.05) is 78.9 Å². The summed E-state index contributed by atoms with van der Waals surface area (Å²) in [6, 6.07) is 8.67. The molecule has 17 rings (SSSR count). The molecule has 7 aliphatic rings. The molecule has 8 aromatic heterocycles. The summed E-state index contributed by atoms with van der Waals surface area (Å²) in [6.07, 6.45) is 11.3. The van der Waals surface area contributed by atoms with E-state index in [0.29, 0.717) is 135 Å². The van der Waals surface area contributed by atoms with Crippen LogP contribution in [0.5, 0.6) is 11.8 Å². The Morgan fingerprint density at radius 1 is 0.504 bits per heavy atom. The number of nitrogens with zero attached hydrogens (tertiary/aromatic N) is 13. The Morgan fingerprint density at radius 2 is 0.843 bits per heavy atom. The molecule has 15 heterocycles. The van der Waals surface area contributed by atoms with E-state index >= 15 is 0 Å². The number of aromatic nitrogens is 12. The van der Waals surface area contributed by atoms with Crippen molar-refractivity contribution in [3.05, 3.63) is 145 Å². The van der Waals surface area contributed by atoms with E-state index in [9.17, 15) is 33.1 Å². The van der Waals surface area contributed by atoms with Crippen LogP contribution in [0.2, 0.25) is 10.3 Å². The molecule has 5 N–H and O–H groups in total. The number of aliphatic hydroxyl groups is 1. The van der Waals surface area contributed by atoms with Crippen LogP contribution in [-0.2, 0) is 47.3 Å². The van der Waals surface area contributed by atoms with E-state index in [1.807, 2.05) is 117 Å². The number of fused-ring (bicyclic) bond motifs is 10. The average molecular weight is 2010 g/mol. The Balaban J connectivity index is 0.000000163. The van der Waals surface area contributed by atoms with E-state index in [4.69, 9.17) is 83.5 Å². The van der Waals surface area contributed by atoms with Crippen LogP contribution in [0.3, 0.4) is 0 Å². The highest BCUT2D eigenvalue weighted by molar-refractivity contribution is 9.11. The zero-order valence-corrected chi connectivity index (χ0v) is 80.5. The highest BCUT2D eigenvalue weighted by Crippen LogP contribution is 2.41. The van der Waals surface area contributed by atoms with Gasteiger partial charge in [0.2, 0.25) is 11.8 Å². The molecule has 6 bridgehead atoms. The lowest BCUT2D eigenvalue weighted by Gasteiger charge is -2.46. The maximum atomic E-state index is 14.7. The van der Waals surface area contributed by atoms with Gasteiger partial charge < -0.3 is 102 Å². The Labute approximate surface area is 772 Å². The Hall–Kier alpha value is -9.09. The lowest BCUT2D eigenvalue weighted by atomic mass is 9.78. The SMILES string of the molecule is CC(C)(C)OC(=O)N1CC2COCC(C1)C2O.CC(C)(C)OC(=O)N1CC2COCC(C1)C2Oc1ncnc2c(Br)c[nH]c12.CC(C)(C)OC=O.Clc1ncnc2c(Br)c[nH]c12.Clc1ncnc2c(Br)c[nH]c12.[C-]#[N+]c1ccc(-c2c[nH]c3c(OC4C5COCC4CN(C(=O)OC(C)(C)C)C5)ncnc23)c(F)c1.[C-]#[N+]c1ccc(B2OC(C)(C)C(C)(C)O2)c(F)c1.[PH2-]. The van der Waals surface area contributed by atoms with Crippen molar-refractivity contribution >= 4 is 174 Å². The standard InChI is InChI=1S/C25H26FN5O4.C18H23BrN4O4.C13H15BFNO2.C12H21NO4.2C6H3BrClN3.C5H10O2.H2P/c1-25(2,3)35-24(32)31-9-14-11-33-12-15(10-31)22(14)34-23-21-20(29-13-30-23)18(8-28-21)17-6-5-16(27-4)7-19(17)26;1-18(2,3)27-17(24)23-5-10-7-25-8-11(6-23)15(10)26-16-14-13(21-9-22-16)12(19)4-20-14;1-12(2)13(3,4)18-14(17-12)10-7-6-9(16-5)8-11(10)15;1-12(2,3)17-11(15)13-4-8-6-16-7-9(5-13)10(8)14;2*7-3-1-9-5-4(3)10-2-11-6(5)8;1-5(2,3)7-4-6;/h5-8,13-15,22,28H,9-12H2,1-3H3;4,9-11,15,20H,5-8H2,1-3H3;6-8H,1-4H3;8-10,14H,4-7H2,1-3H3;2*1-2,9H;4H,1-3H3;1H2/q;;;;;;;-1. The summed E-state index contributed by atoms with van der Waals surface area (Å²) >= 11 is 21.6. The summed E-state index contributed by atoms with van der Waals surface area (Å²) in [4.78, 5) is 103. The van der Waals surface area contributed by atoms with Gasteiger partial charge in [0.05, 0.1) is 83.5 Å². The Morgan fingerprint density at radius 3 is 1.20 bits per heavy atom. The van der Waals surface area contributed by atoms with Crippen LogP contribution in [-0.4, -0.2) is 242 Å². The fourth-order valence-electron chi connectivity index (χ4n) is 14.4. The van der Waals surface area contributed by atoms with E-state index < -0.39 is 46.8 Å². The van der Waals surface area contributed by atoms with Gasteiger partial charge in [0.15, 0.2) is 21.7 Å². The number of rotatable bonds is 7. The number of aliphatic hydroxyl groups excluding tert-OH is 1. The fourth-order valence-corrected chi connectivity index (χ4v) is 16.0. The molecule has 2 aromatic carbocycles. The average Bonchev–Trinajstić information content (AvgIpc) is 1.49. The molecule has 0 saturated carbocycles. The molecule has 7 saturated heterocycles. The molecule has 7 aliphatic heterocycles. The minimum Gasteiger partial charge on any atom is -0.577 e. The van der Waals surface area contributed by atoms with Crippen LogP contribution < -0.4 is 14.9 Å². The number of carbonyl (C=O) groups excluding carboxylic acids is 4. The minimum absolute atomic E-state index is 0. The molecule has 6 atom stereocenters. The predicted molar refractivity (Wildman–Crippen MR) is 487 cm³/mol. The maximum absolute atomic E-state index is 14.7. The molecular formula is C85H103BBr3Cl2F2N17O16P-. The largest absolute Gasteiger partial charge is 0.577 e. The number of hydrogen-bond acceptors (Lipinski definition) is 24. The van der Waals surface area contributed by atoms with Crippen molar-refractivity contribution in [3.63, 3.8) is 0 Å². The lowest BCUT2D eigenvalue weighted by molar-refractivity contribution is -0.138. The van der Waals surface area contributed by atoms with Crippen molar-refractivity contribution in [2.45, 2.75) is 163 Å². The number of amides is 3. The minimum atomic E-state index is -0.727. The second-order valence-corrected chi connectivity index (χ2v) is 39.0. The molecule has 127 heavy (non-hydrogen) atoms. The van der Waals surface area contributed by atoms with Crippen molar-refractivity contribution in [1.82, 2.24) is 74.5 Å². The number of halogens is 7. The first-order valence-electron chi connectivity index (χ1n) is 40.4. The van der Waals surface area contributed by atoms with Crippen molar-refractivity contribution < 1.29 is 85.0 Å². The summed E-state index contributed by atoms with van der Waals surface area (Å²) < 4.78 is 93.3. The zero-order chi connectivity index (χ0) is 91.7. The molecular weight excluding hydrogens is 1910 g/mol. The van der Waals surface area contributed by atoms with E-state index in [0.717, 1.165) is 46.5 Å². The van der Waals surface area contributed by atoms with Gasteiger partial charge >= 0.3 is 25.4 Å². The molecule has 10 aromatic rings. The number of piperidine rings is 3. The van der Waals surface area contributed by atoms with Crippen LogP contribution in [0.4, 0.5) is 34.5 Å². The zero-order valence-electron chi connectivity index (χ0n) is 73.0. The van der Waals surface area contributed by atoms with Crippen LogP contribution in [0.15, 0.2) is 99.9 Å². The van der Waals surface area contributed by atoms with Crippen molar-refractivity contribution in [1.29, 1.82) is 0 Å². The molecule has 0 radical (unpaired) electrons. The number of carbonyl (C=O) groups is 4. The monoisotopic (exact) mass is 2000 g/mol. The molecule has 0 aliphatic carbocycles. The molecule has 682 valence electrons. The van der Waals surface area contributed by atoms with Gasteiger partial charge in [-0.1, -0.05) is 47.5 Å². The van der Waals surface area contributed by atoms with E-state index in [-0.39, 0.29) is 99.0 Å². The van der Waals surface area contributed by atoms with Crippen LogP contribution >= 0.6 is 80.9 Å². The van der Waals surface area contributed by atoms with Gasteiger partial charge in [-0.05, 0) is 171 Å². The number of aromatic amines is 4. The lowest BCUT2D eigenvalue weighted by Crippen LogP contribution is -2.59. The first-order valence-corrected chi connectivity index (χ1v) is 43.5. The summed E-state index contributed by atoms with van der Waals surface area (Å²) in [5, 5.41) is 10.9. The molecule has 3 amide bonds. The molecule has 42 heteroatoms. The second-order valence-electron chi connectivity index (χ2n) is 35.7. The predicted octanol–water partition coefficient (Wildman–Crippen LogP) is 17.1. The van der Waals surface area contributed by atoms with Crippen LogP contribution in [0.1, 0.15) is 111 Å². The van der Waals surface area contributed by atoms with Gasteiger partial charge in [-0.25, -0.2) is 62.8 Å². The number of ether oxygens (including phenoxy) is 9. The number of benzene rings is 2. The topological polar surface area (TPSA) is 375 Å². The number of likely N-dealkylation sites (tertiary alicyclic amines) is 3. The van der Waals surface area contributed by atoms with Gasteiger partial charge in [0.1, 0.15) is 116 Å². The van der Waals surface area contributed by atoms with E-state index in [2.05, 4.69) is 122 Å². The Bertz CT molecular complexity index is 5470. The quantitative estimate of drug-likeness (QED) is 0.0247. The second kappa shape index (κ2) is 42.2. The van der Waals surface area contributed by atoms with Crippen molar-refractivity contribution in [3.8, 4) is 22.9 Å². The first-order chi connectivity index (χ1) is 59.3.